The summed E-state index contributed by atoms with van der Waals surface area (Å²) in [6, 6.07) is 3.35. The molecule has 5 heteroatoms. The van der Waals surface area contributed by atoms with Crippen molar-refractivity contribution in [3.8, 4) is 11.5 Å². The average molecular weight is 245 g/mol. The number of rotatable bonds is 5. The lowest BCUT2D eigenvalue weighted by Crippen LogP contribution is -2.21. The highest BCUT2D eigenvalue weighted by Gasteiger charge is 2.23. The molecule has 0 atom stereocenters. The van der Waals surface area contributed by atoms with Crippen LogP contribution in [-0.2, 0) is 6.54 Å². The molecule has 0 radical (unpaired) electrons. The fourth-order valence-corrected chi connectivity index (χ4v) is 1.50. The van der Waals surface area contributed by atoms with Gasteiger partial charge in [0.15, 0.2) is 18.1 Å². The molecule has 0 aliphatic heterocycles. The van der Waals surface area contributed by atoms with Gasteiger partial charge >= 0.3 is 0 Å². The van der Waals surface area contributed by atoms with Gasteiger partial charge in [0.25, 0.3) is 5.92 Å². The Balaban J connectivity index is 2.97. The van der Waals surface area contributed by atoms with Crippen molar-refractivity contribution >= 4 is 0 Å². The number of alkyl halides is 2. The van der Waals surface area contributed by atoms with E-state index in [-0.39, 0.29) is 0 Å². The van der Waals surface area contributed by atoms with Crippen LogP contribution in [0.15, 0.2) is 12.1 Å². The molecule has 0 heterocycles. The van der Waals surface area contributed by atoms with E-state index < -0.39 is 12.5 Å². The summed E-state index contributed by atoms with van der Waals surface area (Å²) in [7, 11) is 1.47. The van der Waals surface area contributed by atoms with Crippen molar-refractivity contribution in [2.24, 2.45) is 5.73 Å². The third-order valence-electron chi connectivity index (χ3n) is 2.39. The van der Waals surface area contributed by atoms with Crippen molar-refractivity contribution in [2.75, 3.05) is 13.7 Å². The zero-order chi connectivity index (χ0) is 13.1. The quantitative estimate of drug-likeness (QED) is 0.866. The largest absolute Gasteiger partial charge is 0.493 e. The van der Waals surface area contributed by atoms with Crippen LogP contribution >= 0.6 is 0 Å². The number of ether oxygens (including phenoxy) is 2. The Morgan fingerprint density at radius 2 is 2.00 bits per heavy atom. The second-order valence-electron chi connectivity index (χ2n) is 3.94. The lowest BCUT2D eigenvalue weighted by atomic mass is 10.1. The average Bonchev–Trinajstić information content (AvgIpc) is 2.25. The van der Waals surface area contributed by atoms with Crippen LogP contribution in [0, 0.1) is 6.92 Å². The van der Waals surface area contributed by atoms with Crippen molar-refractivity contribution in [3.63, 3.8) is 0 Å². The molecule has 1 aromatic rings. The topological polar surface area (TPSA) is 44.5 Å². The third-order valence-corrected chi connectivity index (χ3v) is 2.39. The number of halogens is 2. The molecule has 0 saturated heterocycles. The molecule has 0 aromatic heterocycles. The summed E-state index contributed by atoms with van der Waals surface area (Å²) < 4.78 is 35.6. The zero-order valence-corrected chi connectivity index (χ0v) is 10.2. The van der Waals surface area contributed by atoms with Crippen molar-refractivity contribution in [3.05, 3.63) is 23.3 Å². The number of nitrogens with two attached hydrogens (primary N) is 1. The van der Waals surface area contributed by atoms with E-state index in [1.54, 1.807) is 12.1 Å². The minimum Gasteiger partial charge on any atom is -0.493 e. The maximum absolute atomic E-state index is 12.7. The molecule has 0 fully saturated rings. The van der Waals surface area contributed by atoms with E-state index >= 15 is 0 Å². The summed E-state index contributed by atoms with van der Waals surface area (Å²) in [5.74, 6) is -2.10. The van der Waals surface area contributed by atoms with Crippen LogP contribution in [-0.4, -0.2) is 19.6 Å². The van der Waals surface area contributed by atoms with Gasteiger partial charge in [-0.05, 0) is 24.1 Å². The maximum atomic E-state index is 12.7. The van der Waals surface area contributed by atoms with Crippen LogP contribution in [0.25, 0.3) is 0 Å². The monoisotopic (exact) mass is 245 g/mol. The van der Waals surface area contributed by atoms with E-state index in [0.717, 1.165) is 18.1 Å². The van der Waals surface area contributed by atoms with E-state index in [2.05, 4.69) is 0 Å². The molecule has 2 N–H and O–H groups in total. The van der Waals surface area contributed by atoms with Crippen LogP contribution < -0.4 is 15.2 Å². The predicted octanol–water partition coefficient (Wildman–Crippen LogP) is 2.50. The highest BCUT2D eigenvalue weighted by atomic mass is 19.3. The molecule has 0 saturated carbocycles. The van der Waals surface area contributed by atoms with E-state index in [1.165, 1.54) is 7.11 Å². The molecule has 96 valence electrons. The first-order valence-corrected chi connectivity index (χ1v) is 5.26. The highest BCUT2D eigenvalue weighted by molar-refractivity contribution is 5.50. The Kier molecular flexibility index (Phi) is 4.28. The summed E-state index contributed by atoms with van der Waals surface area (Å²) in [6.07, 6.45) is 0. The van der Waals surface area contributed by atoms with Gasteiger partial charge in [-0.15, -0.1) is 0 Å². The molecule has 17 heavy (non-hydrogen) atoms. The van der Waals surface area contributed by atoms with Gasteiger partial charge in [0.2, 0.25) is 0 Å². The summed E-state index contributed by atoms with van der Waals surface area (Å²) in [5.41, 5.74) is 7.26. The molecular formula is C12H17F2NO2. The molecule has 1 aromatic carbocycles. The Morgan fingerprint density at radius 3 is 2.47 bits per heavy atom. The first-order chi connectivity index (χ1) is 7.89. The fraction of sp³-hybridized carbons (Fsp3) is 0.500. The van der Waals surface area contributed by atoms with Crippen molar-refractivity contribution in [1.29, 1.82) is 0 Å². The van der Waals surface area contributed by atoms with Crippen molar-refractivity contribution in [1.82, 2.24) is 0 Å². The van der Waals surface area contributed by atoms with Crippen LogP contribution in [0.3, 0.4) is 0 Å². The number of hydrogen-bond acceptors (Lipinski definition) is 3. The highest BCUT2D eigenvalue weighted by Crippen LogP contribution is 2.33. The Morgan fingerprint density at radius 1 is 1.35 bits per heavy atom. The molecule has 0 spiro atoms. The molecule has 1 rings (SSSR count). The molecule has 3 nitrogen and oxygen atoms in total. The van der Waals surface area contributed by atoms with E-state index in [4.69, 9.17) is 15.2 Å². The fourth-order valence-electron chi connectivity index (χ4n) is 1.50. The molecule has 0 amide bonds. The van der Waals surface area contributed by atoms with Gasteiger partial charge in [0.05, 0.1) is 7.11 Å². The van der Waals surface area contributed by atoms with Gasteiger partial charge in [-0.25, -0.2) is 8.78 Å². The lowest BCUT2D eigenvalue weighted by Gasteiger charge is -2.17. The van der Waals surface area contributed by atoms with E-state index in [9.17, 15) is 8.78 Å². The summed E-state index contributed by atoms with van der Waals surface area (Å²) in [4.78, 5) is 0. The van der Waals surface area contributed by atoms with Gasteiger partial charge in [-0.1, -0.05) is 6.07 Å². The van der Waals surface area contributed by atoms with Crippen LogP contribution in [0.2, 0.25) is 0 Å². The van der Waals surface area contributed by atoms with Gasteiger partial charge in [0, 0.05) is 13.5 Å². The number of hydrogen-bond donors (Lipinski definition) is 1. The standard InChI is InChI=1S/C12H17F2NO2/c1-8-9(6-15)4-5-10(11(8)16-3)17-7-12(2,13)14/h4-5H,6-7,15H2,1-3H3. The third kappa shape index (κ3) is 3.56. The molecule has 0 unspecified atom stereocenters. The van der Waals surface area contributed by atoms with Crippen molar-refractivity contribution < 1.29 is 18.3 Å². The molecule has 0 aliphatic carbocycles. The summed E-state index contributed by atoms with van der Waals surface area (Å²) in [5, 5.41) is 0. The smallest absolute Gasteiger partial charge is 0.278 e. The molecule has 0 aliphatic rings. The SMILES string of the molecule is COc1c(OCC(C)(F)F)ccc(CN)c1C. The Bertz CT molecular complexity index is 389. The normalized spacial score (nSPS) is 11.4. The number of methoxy groups -OCH3 is 1. The maximum Gasteiger partial charge on any atom is 0.278 e. The second kappa shape index (κ2) is 5.31. The Labute approximate surface area is 99.5 Å². The van der Waals surface area contributed by atoms with Crippen LogP contribution in [0.4, 0.5) is 8.78 Å². The summed E-state index contributed by atoms with van der Waals surface area (Å²) in [6.45, 7) is 2.32. The van der Waals surface area contributed by atoms with Gasteiger partial charge in [0.1, 0.15) is 0 Å². The predicted molar refractivity (Wildman–Crippen MR) is 61.7 cm³/mol. The zero-order valence-electron chi connectivity index (χ0n) is 10.2. The van der Waals surface area contributed by atoms with E-state index in [0.29, 0.717) is 18.0 Å². The van der Waals surface area contributed by atoms with Crippen LogP contribution in [0.5, 0.6) is 11.5 Å². The molecule has 0 bridgehead atoms. The van der Waals surface area contributed by atoms with Gasteiger partial charge in [-0.3, -0.25) is 0 Å². The first kappa shape index (κ1) is 13.7. The molecular weight excluding hydrogens is 228 g/mol. The van der Waals surface area contributed by atoms with Crippen molar-refractivity contribution in [2.45, 2.75) is 26.3 Å². The van der Waals surface area contributed by atoms with Gasteiger partial charge < -0.3 is 15.2 Å². The van der Waals surface area contributed by atoms with E-state index in [1.807, 2.05) is 6.92 Å². The summed E-state index contributed by atoms with van der Waals surface area (Å²) >= 11 is 0. The second-order valence-corrected chi connectivity index (χ2v) is 3.94. The minimum atomic E-state index is -2.87. The first-order valence-electron chi connectivity index (χ1n) is 5.26. The number of benzene rings is 1. The minimum absolute atomic E-state index is 0.309. The lowest BCUT2D eigenvalue weighted by molar-refractivity contribution is -0.0235. The van der Waals surface area contributed by atoms with Crippen LogP contribution in [0.1, 0.15) is 18.1 Å². The van der Waals surface area contributed by atoms with Gasteiger partial charge in [-0.2, -0.15) is 0 Å². The Hall–Kier alpha value is -1.36.